The molecule has 0 radical (unpaired) electrons. The molecule has 304 valence electrons. The highest BCUT2D eigenvalue weighted by atomic mass is 32.2. The maximum atomic E-state index is 7.31. The minimum Gasteiger partial charge on any atom is -0.473 e. The number of nitrogens with zero attached hydrogens (tertiary/aromatic N) is 2. The van der Waals surface area contributed by atoms with Gasteiger partial charge in [0.05, 0.1) is 22.7 Å². The summed E-state index contributed by atoms with van der Waals surface area (Å²) >= 11 is 1.94. The van der Waals surface area contributed by atoms with Gasteiger partial charge >= 0.3 is 0 Å². The number of fused-ring (bicyclic) bond motifs is 10. The molecule has 0 atom stereocenters. The van der Waals surface area contributed by atoms with Crippen LogP contribution < -0.4 is 26.4 Å². The molecule has 1 aromatic heterocycles. The van der Waals surface area contributed by atoms with Crippen LogP contribution in [0.2, 0.25) is 0 Å². The van der Waals surface area contributed by atoms with Crippen molar-refractivity contribution < 1.29 is 4.42 Å². The summed E-state index contributed by atoms with van der Waals surface area (Å²) in [5, 5.41) is 2.47. The molecule has 12 rings (SSSR count). The Labute approximate surface area is 370 Å². The van der Waals surface area contributed by atoms with Crippen LogP contribution in [0, 0.1) is 0 Å². The second-order valence-corrected chi connectivity index (χ2v) is 21.0. The molecule has 4 aliphatic rings. The normalized spacial score (nSPS) is 14.8. The standard InChI is InChI=1S/C57H51BN2OS/c1-56(2,3)37-25-27-39(28-26-37)59(47-22-13-17-35-15-7-10-19-42(35)47)40-29-30-46-51(34-40)62-52-33-38(57(4,5)6)32-49-53(52)58(46)55-54(44-20-11-12-24-50(44)61-55)60(49)48-23-14-21-43-41-18-9-8-16-36(41)31-45(43)48/h7-10,13-19,21-23,25-30,32-34H,11-12,20,24,31H2,1-6H3. The zero-order chi connectivity index (χ0) is 42.1. The fourth-order valence-electron chi connectivity index (χ4n) is 10.8. The first-order valence-electron chi connectivity index (χ1n) is 22.5. The van der Waals surface area contributed by atoms with Crippen LogP contribution in [0.15, 0.2) is 154 Å². The van der Waals surface area contributed by atoms with Crippen LogP contribution in [0.4, 0.5) is 34.1 Å². The van der Waals surface area contributed by atoms with Crippen LogP contribution >= 0.6 is 11.8 Å². The van der Waals surface area contributed by atoms with Gasteiger partial charge in [-0.15, -0.1) is 0 Å². The van der Waals surface area contributed by atoms with Crippen LogP contribution in [0.25, 0.3) is 21.9 Å². The van der Waals surface area contributed by atoms with E-state index in [4.69, 9.17) is 4.42 Å². The predicted molar refractivity (Wildman–Crippen MR) is 263 cm³/mol. The molecule has 3 heterocycles. The zero-order valence-corrected chi connectivity index (χ0v) is 37.4. The third-order valence-electron chi connectivity index (χ3n) is 14.0. The third kappa shape index (κ3) is 5.80. The molecule has 8 aromatic rings. The second-order valence-electron chi connectivity index (χ2n) is 19.9. The van der Waals surface area contributed by atoms with Gasteiger partial charge in [-0.3, -0.25) is 0 Å². The van der Waals surface area contributed by atoms with Gasteiger partial charge < -0.3 is 14.2 Å². The quantitative estimate of drug-likeness (QED) is 0.165. The average molecular weight is 823 g/mol. The number of furan rings is 1. The number of aryl methyl sites for hydroxylation is 1. The highest BCUT2D eigenvalue weighted by Gasteiger charge is 2.47. The van der Waals surface area contributed by atoms with Crippen molar-refractivity contribution in [1.29, 1.82) is 0 Å². The molecule has 0 spiro atoms. The zero-order valence-electron chi connectivity index (χ0n) is 36.6. The van der Waals surface area contributed by atoms with Crippen molar-refractivity contribution in [3.63, 3.8) is 0 Å². The Hall–Kier alpha value is -5.91. The summed E-state index contributed by atoms with van der Waals surface area (Å²) in [5.74, 6) is 1.18. The van der Waals surface area contributed by atoms with Crippen molar-refractivity contribution in [2.75, 3.05) is 9.80 Å². The van der Waals surface area contributed by atoms with E-state index >= 15 is 0 Å². The maximum absolute atomic E-state index is 7.31. The van der Waals surface area contributed by atoms with Gasteiger partial charge in [-0.2, -0.15) is 0 Å². The Bertz CT molecular complexity index is 3120. The lowest BCUT2D eigenvalue weighted by molar-refractivity contribution is 0.497. The Morgan fingerprint density at radius 3 is 2.18 bits per heavy atom. The summed E-state index contributed by atoms with van der Waals surface area (Å²) in [6.07, 6.45) is 5.33. The van der Waals surface area contributed by atoms with E-state index in [-0.39, 0.29) is 17.5 Å². The first kappa shape index (κ1) is 37.8. The SMILES string of the molecule is CC(C)(C)c1ccc(N(c2ccc3c(c2)Sc2cc(C(C)(C)C)cc4c2B3c2oc3c(c2N4c2cccc4c2Cc2ccccc2-4)CCCC3)c2cccc3ccccc23)cc1. The summed E-state index contributed by atoms with van der Waals surface area (Å²) in [5.41, 5.74) is 20.8. The van der Waals surface area contributed by atoms with Crippen molar-refractivity contribution in [3.05, 3.63) is 173 Å². The molecule has 5 heteroatoms. The Morgan fingerprint density at radius 2 is 1.34 bits per heavy atom. The number of hydrogen-bond donors (Lipinski definition) is 0. The molecule has 0 saturated heterocycles. The van der Waals surface area contributed by atoms with Gasteiger partial charge in [-0.05, 0) is 123 Å². The minimum absolute atomic E-state index is 0.0119. The Balaban J connectivity index is 1.08. The van der Waals surface area contributed by atoms with Crippen LogP contribution in [0.5, 0.6) is 0 Å². The van der Waals surface area contributed by atoms with Gasteiger partial charge in [-0.1, -0.05) is 150 Å². The smallest absolute Gasteiger partial charge is 0.295 e. The first-order valence-corrected chi connectivity index (χ1v) is 23.4. The number of hydrogen-bond acceptors (Lipinski definition) is 4. The van der Waals surface area contributed by atoms with Gasteiger partial charge in [0.15, 0.2) is 0 Å². The first-order chi connectivity index (χ1) is 30.0. The van der Waals surface area contributed by atoms with Gasteiger partial charge in [0.25, 0.3) is 6.71 Å². The van der Waals surface area contributed by atoms with E-state index in [9.17, 15) is 0 Å². The molecule has 0 bridgehead atoms. The van der Waals surface area contributed by atoms with Crippen LogP contribution in [0.3, 0.4) is 0 Å². The van der Waals surface area contributed by atoms with Crippen LogP contribution in [-0.4, -0.2) is 6.71 Å². The molecule has 0 N–H and O–H groups in total. The summed E-state index contributed by atoms with van der Waals surface area (Å²) in [4.78, 5) is 7.74. The largest absolute Gasteiger partial charge is 0.473 e. The van der Waals surface area contributed by atoms with Crippen molar-refractivity contribution in [2.45, 2.75) is 94.3 Å². The molecule has 3 nitrogen and oxygen atoms in total. The summed E-state index contributed by atoms with van der Waals surface area (Å²) in [6.45, 7) is 13.9. The Morgan fingerprint density at radius 1 is 0.613 bits per heavy atom. The summed E-state index contributed by atoms with van der Waals surface area (Å²) in [7, 11) is 0. The summed E-state index contributed by atoms with van der Waals surface area (Å²) in [6, 6.07) is 52.9. The van der Waals surface area contributed by atoms with Gasteiger partial charge in [0, 0.05) is 50.6 Å². The van der Waals surface area contributed by atoms with Crippen molar-refractivity contribution >= 4 is 80.0 Å². The molecule has 0 fully saturated rings. The third-order valence-corrected chi connectivity index (χ3v) is 15.2. The maximum Gasteiger partial charge on any atom is 0.295 e. The van der Waals surface area contributed by atoms with Crippen LogP contribution in [0.1, 0.15) is 88.0 Å². The molecule has 0 saturated carbocycles. The number of rotatable bonds is 4. The highest BCUT2D eigenvalue weighted by Crippen LogP contribution is 2.51. The predicted octanol–water partition coefficient (Wildman–Crippen LogP) is 13.7. The molecule has 0 unspecified atom stereocenters. The van der Waals surface area contributed by atoms with E-state index in [1.165, 1.54) is 112 Å². The van der Waals surface area contributed by atoms with Gasteiger partial charge in [-0.25, -0.2) is 0 Å². The lowest BCUT2D eigenvalue weighted by Crippen LogP contribution is -2.59. The van der Waals surface area contributed by atoms with E-state index in [1.54, 1.807) is 0 Å². The van der Waals surface area contributed by atoms with Crippen molar-refractivity contribution in [3.8, 4) is 11.1 Å². The number of anilines is 6. The van der Waals surface area contributed by atoms with E-state index in [0.717, 1.165) is 36.3 Å². The van der Waals surface area contributed by atoms with E-state index in [2.05, 4.69) is 191 Å². The second kappa shape index (κ2) is 13.8. The molecule has 0 amide bonds. The minimum atomic E-state index is -0.0509. The lowest BCUT2D eigenvalue weighted by Gasteiger charge is -2.40. The monoisotopic (exact) mass is 822 g/mol. The summed E-state index contributed by atoms with van der Waals surface area (Å²) < 4.78 is 7.31. The highest BCUT2D eigenvalue weighted by molar-refractivity contribution is 8.00. The Kier molecular flexibility index (Phi) is 8.42. The molecule has 2 aliphatic heterocycles. The fraction of sp³-hybridized carbons (Fsp3) is 0.228. The van der Waals surface area contributed by atoms with E-state index in [1.807, 2.05) is 11.8 Å². The molecule has 7 aromatic carbocycles. The molecular formula is C57H51BN2OS. The lowest BCUT2D eigenvalue weighted by atomic mass is 9.37. The number of benzene rings is 7. The van der Waals surface area contributed by atoms with Crippen molar-refractivity contribution in [2.24, 2.45) is 0 Å². The molecule has 62 heavy (non-hydrogen) atoms. The van der Waals surface area contributed by atoms with E-state index in [0.29, 0.717) is 0 Å². The van der Waals surface area contributed by atoms with Crippen LogP contribution in [-0.2, 0) is 30.1 Å². The topological polar surface area (TPSA) is 19.6 Å². The van der Waals surface area contributed by atoms with Crippen molar-refractivity contribution in [1.82, 2.24) is 0 Å². The molecule has 2 aliphatic carbocycles. The molecular weight excluding hydrogens is 772 g/mol. The van der Waals surface area contributed by atoms with Gasteiger partial charge in [0.1, 0.15) is 5.76 Å². The van der Waals surface area contributed by atoms with Gasteiger partial charge in [0.2, 0.25) is 0 Å². The average Bonchev–Trinajstić information content (AvgIpc) is 3.85. The fourth-order valence-corrected chi connectivity index (χ4v) is 12.1. The van der Waals surface area contributed by atoms with E-state index < -0.39 is 0 Å².